The lowest BCUT2D eigenvalue weighted by Gasteiger charge is -2.14. The van der Waals surface area contributed by atoms with Gasteiger partial charge in [-0.05, 0) is 31.4 Å². The average molecular weight is 261 g/mol. The van der Waals surface area contributed by atoms with Crippen LogP contribution in [-0.4, -0.2) is 7.11 Å². The Hall–Kier alpha value is -1.32. The Kier molecular flexibility index (Phi) is 4.39. The Balaban J connectivity index is 2.03. The van der Waals surface area contributed by atoms with Gasteiger partial charge in [-0.1, -0.05) is 23.8 Å². The Morgan fingerprint density at radius 2 is 2.17 bits per heavy atom. The van der Waals surface area contributed by atoms with E-state index in [0.29, 0.717) is 6.04 Å². The standard InChI is InChI=1S/C15H19NOS/c1-11-6-7-14(17-3)13(9-11)10-16-12(2)15-5-4-8-18-15/h4-9,12,16H,10H2,1-3H3/t12-/m1/s1. The number of hydrogen-bond donors (Lipinski definition) is 1. The Morgan fingerprint density at radius 3 is 2.83 bits per heavy atom. The fourth-order valence-electron chi connectivity index (χ4n) is 1.95. The fourth-order valence-corrected chi connectivity index (χ4v) is 2.71. The van der Waals surface area contributed by atoms with Crippen LogP contribution in [-0.2, 0) is 6.54 Å². The highest BCUT2D eigenvalue weighted by atomic mass is 32.1. The van der Waals surface area contributed by atoms with Gasteiger partial charge in [0, 0.05) is 23.0 Å². The van der Waals surface area contributed by atoms with Crippen LogP contribution in [0.4, 0.5) is 0 Å². The van der Waals surface area contributed by atoms with Crippen molar-refractivity contribution in [2.45, 2.75) is 26.4 Å². The van der Waals surface area contributed by atoms with Gasteiger partial charge in [-0.25, -0.2) is 0 Å². The minimum atomic E-state index is 0.371. The SMILES string of the molecule is COc1ccc(C)cc1CN[C@H](C)c1cccs1. The molecule has 0 spiro atoms. The number of ether oxygens (including phenoxy) is 1. The fraction of sp³-hybridized carbons (Fsp3) is 0.333. The lowest BCUT2D eigenvalue weighted by atomic mass is 10.1. The largest absolute Gasteiger partial charge is 0.496 e. The first-order valence-electron chi connectivity index (χ1n) is 6.11. The molecule has 0 aliphatic carbocycles. The maximum Gasteiger partial charge on any atom is 0.123 e. The van der Waals surface area contributed by atoms with Crippen LogP contribution in [0.5, 0.6) is 5.75 Å². The smallest absolute Gasteiger partial charge is 0.123 e. The molecule has 0 amide bonds. The number of rotatable bonds is 5. The van der Waals surface area contributed by atoms with Crippen molar-refractivity contribution in [2.24, 2.45) is 0 Å². The number of benzene rings is 1. The summed E-state index contributed by atoms with van der Waals surface area (Å²) in [6.07, 6.45) is 0. The monoisotopic (exact) mass is 261 g/mol. The third-order valence-corrected chi connectivity index (χ3v) is 4.06. The molecule has 0 saturated heterocycles. The van der Waals surface area contributed by atoms with Gasteiger partial charge in [0.25, 0.3) is 0 Å². The van der Waals surface area contributed by atoms with Crippen molar-refractivity contribution in [3.63, 3.8) is 0 Å². The van der Waals surface area contributed by atoms with Crippen LogP contribution in [0.15, 0.2) is 35.7 Å². The summed E-state index contributed by atoms with van der Waals surface area (Å²) in [6.45, 7) is 5.11. The van der Waals surface area contributed by atoms with Gasteiger partial charge >= 0.3 is 0 Å². The van der Waals surface area contributed by atoms with E-state index in [1.54, 1.807) is 18.4 Å². The van der Waals surface area contributed by atoms with E-state index in [2.05, 4.69) is 48.8 Å². The third kappa shape index (κ3) is 3.12. The van der Waals surface area contributed by atoms with Crippen molar-refractivity contribution in [2.75, 3.05) is 7.11 Å². The number of thiophene rings is 1. The van der Waals surface area contributed by atoms with E-state index in [9.17, 15) is 0 Å². The van der Waals surface area contributed by atoms with E-state index in [4.69, 9.17) is 4.74 Å². The molecule has 0 radical (unpaired) electrons. The molecule has 0 unspecified atom stereocenters. The van der Waals surface area contributed by atoms with Crippen molar-refractivity contribution in [3.05, 3.63) is 51.7 Å². The Labute approximate surface area is 113 Å². The van der Waals surface area contributed by atoms with Gasteiger partial charge < -0.3 is 10.1 Å². The predicted octanol–water partition coefficient (Wildman–Crippen LogP) is 3.92. The third-order valence-electron chi connectivity index (χ3n) is 3.00. The summed E-state index contributed by atoms with van der Waals surface area (Å²) in [7, 11) is 1.72. The van der Waals surface area contributed by atoms with Crippen molar-refractivity contribution in [1.29, 1.82) is 0 Å². The quantitative estimate of drug-likeness (QED) is 0.881. The predicted molar refractivity (Wildman–Crippen MR) is 77.3 cm³/mol. The lowest BCUT2D eigenvalue weighted by Crippen LogP contribution is -2.17. The lowest BCUT2D eigenvalue weighted by molar-refractivity contribution is 0.406. The van der Waals surface area contributed by atoms with Crippen LogP contribution in [0.2, 0.25) is 0 Å². The van der Waals surface area contributed by atoms with Crippen molar-refractivity contribution >= 4 is 11.3 Å². The summed E-state index contributed by atoms with van der Waals surface area (Å²) < 4.78 is 5.39. The highest BCUT2D eigenvalue weighted by molar-refractivity contribution is 7.10. The molecule has 0 aliphatic rings. The number of nitrogens with one attached hydrogen (secondary N) is 1. The molecule has 0 bridgehead atoms. The molecule has 1 aromatic carbocycles. The summed E-state index contributed by atoms with van der Waals surface area (Å²) in [5.41, 5.74) is 2.47. The van der Waals surface area contributed by atoms with Gasteiger partial charge in [-0.15, -0.1) is 11.3 Å². The molecule has 1 heterocycles. The Morgan fingerprint density at radius 1 is 1.33 bits per heavy atom. The maximum atomic E-state index is 5.39. The molecule has 2 rings (SSSR count). The second kappa shape index (κ2) is 6.03. The van der Waals surface area contributed by atoms with Crippen molar-refractivity contribution in [3.8, 4) is 5.75 Å². The first-order chi connectivity index (χ1) is 8.70. The molecular formula is C15H19NOS. The van der Waals surface area contributed by atoms with Crippen LogP contribution in [0.1, 0.15) is 29.0 Å². The van der Waals surface area contributed by atoms with E-state index in [0.717, 1.165) is 12.3 Å². The number of aryl methyl sites for hydroxylation is 1. The number of hydrogen-bond acceptors (Lipinski definition) is 3. The summed E-state index contributed by atoms with van der Waals surface area (Å²) >= 11 is 1.79. The molecule has 0 aliphatic heterocycles. The van der Waals surface area contributed by atoms with Crippen LogP contribution in [0, 0.1) is 6.92 Å². The molecule has 1 atom stereocenters. The van der Waals surface area contributed by atoms with Crippen LogP contribution in [0.3, 0.4) is 0 Å². The highest BCUT2D eigenvalue weighted by Crippen LogP contribution is 2.22. The minimum absolute atomic E-state index is 0.371. The molecule has 0 saturated carbocycles. The van der Waals surface area contributed by atoms with Gasteiger partial charge in [0.15, 0.2) is 0 Å². The zero-order valence-corrected chi connectivity index (χ0v) is 11.9. The average Bonchev–Trinajstić information content (AvgIpc) is 2.90. The van der Waals surface area contributed by atoms with Crippen LogP contribution >= 0.6 is 11.3 Å². The van der Waals surface area contributed by atoms with E-state index in [1.807, 2.05) is 6.07 Å². The summed E-state index contributed by atoms with van der Waals surface area (Å²) in [4.78, 5) is 1.36. The highest BCUT2D eigenvalue weighted by Gasteiger charge is 2.08. The Bertz CT molecular complexity index is 493. The molecular weight excluding hydrogens is 242 g/mol. The molecule has 2 nitrogen and oxygen atoms in total. The second-order valence-corrected chi connectivity index (χ2v) is 5.41. The van der Waals surface area contributed by atoms with E-state index < -0.39 is 0 Å². The summed E-state index contributed by atoms with van der Waals surface area (Å²) in [5.74, 6) is 0.950. The number of methoxy groups -OCH3 is 1. The first kappa shape index (κ1) is 13.1. The summed E-state index contributed by atoms with van der Waals surface area (Å²) in [5, 5.41) is 5.65. The molecule has 0 fully saturated rings. The van der Waals surface area contributed by atoms with Gasteiger partial charge in [0.2, 0.25) is 0 Å². The zero-order valence-electron chi connectivity index (χ0n) is 11.1. The molecule has 3 heteroatoms. The van der Waals surface area contributed by atoms with E-state index >= 15 is 0 Å². The van der Waals surface area contributed by atoms with E-state index in [-0.39, 0.29) is 0 Å². The molecule has 96 valence electrons. The van der Waals surface area contributed by atoms with Gasteiger partial charge in [0.05, 0.1) is 7.11 Å². The minimum Gasteiger partial charge on any atom is -0.496 e. The maximum absolute atomic E-state index is 5.39. The topological polar surface area (TPSA) is 21.3 Å². The van der Waals surface area contributed by atoms with Gasteiger partial charge in [-0.2, -0.15) is 0 Å². The van der Waals surface area contributed by atoms with Crippen molar-refractivity contribution in [1.82, 2.24) is 5.32 Å². The molecule has 1 aromatic heterocycles. The second-order valence-electron chi connectivity index (χ2n) is 4.43. The first-order valence-corrected chi connectivity index (χ1v) is 6.99. The van der Waals surface area contributed by atoms with E-state index in [1.165, 1.54) is 16.0 Å². The summed E-state index contributed by atoms with van der Waals surface area (Å²) in [6, 6.07) is 10.9. The molecule has 18 heavy (non-hydrogen) atoms. The normalized spacial score (nSPS) is 12.4. The van der Waals surface area contributed by atoms with Gasteiger partial charge in [-0.3, -0.25) is 0 Å². The van der Waals surface area contributed by atoms with Crippen LogP contribution in [0.25, 0.3) is 0 Å². The van der Waals surface area contributed by atoms with Crippen molar-refractivity contribution < 1.29 is 4.74 Å². The molecule has 2 aromatic rings. The zero-order chi connectivity index (χ0) is 13.0. The molecule has 1 N–H and O–H groups in total. The van der Waals surface area contributed by atoms with Gasteiger partial charge in [0.1, 0.15) is 5.75 Å². The van der Waals surface area contributed by atoms with Crippen LogP contribution < -0.4 is 10.1 Å².